The summed E-state index contributed by atoms with van der Waals surface area (Å²) in [6.07, 6.45) is 6.98. The summed E-state index contributed by atoms with van der Waals surface area (Å²) in [6, 6.07) is 6.73. The quantitative estimate of drug-likeness (QED) is 0.663. The standard InChI is InChI=1S/C16H22N2O3/c1-21-15(19)12-8-10-14(11-9-12)18-16(20)17-13-6-4-2-3-5-7-13/h8-11,13H,2-7H2,1H3,(H2,17,18,20). The van der Waals surface area contributed by atoms with Gasteiger partial charge in [0, 0.05) is 11.7 Å². The predicted octanol–water partition coefficient (Wildman–Crippen LogP) is 3.32. The smallest absolute Gasteiger partial charge is 0.337 e. The number of amides is 2. The van der Waals surface area contributed by atoms with Gasteiger partial charge < -0.3 is 15.4 Å². The topological polar surface area (TPSA) is 67.4 Å². The van der Waals surface area contributed by atoms with Crippen LogP contribution in [0.2, 0.25) is 0 Å². The van der Waals surface area contributed by atoms with Gasteiger partial charge in [0.2, 0.25) is 0 Å². The Morgan fingerprint density at radius 2 is 1.67 bits per heavy atom. The summed E-state index contributed by atoms with van der Waals surface area (Å²) >= 11 is 0. The summed E-state index contributed by atoms with van der Waals surface area (Å²) in [5.41, 5.74) is 1.13. The van der Waals surface area contributed by atoms with Crippen molar-refractivity contribution >= 4 is 17.7 Å². The maximum Gasteiger partial charge on any atom is 0.337 e. The lowest BCUT2D eigenvalue weighted by Gasteiger charge is -2.16. The molecular weight excluding hydrogens is 268 g/mol. The molecule has 5 nitrogen and oxygen atoms in total. The van der Waals surface area contributed by atoms with E-state index in [1.54, 1.807) is 24.3 Å². The molecular formula is C16H22N2O3. The predicted molar refractivity (Wildman–Crippen MR) is 81.4 cm³/mol. The Balaban J connectivity index is 1.85. The second-order valence-corrected chi connectivity index (χ2v) is 5.36. The van der Waals surface area contributed by atoms with E-state index in [2.05, 4.69) is 15.4 Å². The van der Waals surface area contributed by atoms with Gasteiger partial charge in [0.05, 0.1) is 12.7 Å². The maximum absolute atomic E-state index is 12.0. The van der Waals surface area contributed by atoms with Crippen LogP contribution in [0.4, 0.5) is 10.5 Å². The number of hydrogen-bond acceptors (Lipinski definition) is 3. The first kappa shape index (κ1) is 15.4. The Bertz CT molecular complexity index is 477. The minimum atomic E-state index is -0.385. The van der Waals surface area contributed by atoms with Crippen molar-refractivity contribution in [3.05, 3.63) is 29.8 Å². The highest BCUT2D eigenvalue weighted by molar-refractivity contribution is 5.92. The van der Waals surface area contributed by atoms with Gasteiger partial charge in [-0.2, -0.15) is 0 Å². The van der Waals surface area contributed by atoms with Crippen LogP contribution in [0, 0.1) is 0 Å². The lowest BCUT2D eigenvalue weighted by molar-refractivity contribution is 0.0601. The summed E-state index contributed by atoms with van der Waals surface area (Å²) in [4.78, 5) is 23.3. The van der Waals surface area contributed by atoms with Gasteiger partial charge in [-0.15, -0.1) is 0 Å². The molecule has 2 rings (SSSR count). The maximum atomic E-state index is 12.0. The molecule has 0 saturated heterocycles. The van der Waals surface area contributed by atoms with Crippen molar-refractivity contribution in [1.29, 1.82) is 0 Å². The van der Waals surface area contributed by atoms with Gasteiger partial charge >= 0.3 is 12.0 Å². The van der Waals surface area contributed by atoms with Crippen molar-refractivity contribution in [3.63, 3.8) is 0 Å². The van der Waals surface area contributed by atoms with Crippen LogP contribution in [-0.2, 0) is 4.74 Å². The third-order valence-corrected chi connectivity index (χ3v) is 3.75. The van der Waals surface area contributed by atoms with Crippen LogP contribution in [0.3, 0.4) is 0 Å². The SMILES string of the molecule is COC(=O)c1ccc(NC(=O)NC2CCCCCC2)cc1. The summed E-state index contributed by atoms with van der Waals surface area (Å²) in [7, 11) is 1.34. The minimum absolute atomic E-state index is 0.187. The average Bonchev–Trinajstić information content (AvgIpc) is 2.75. The summed E-state index contributed by atoms with van der Waals surface area (Å²) in [5, 5.41) is 5.81. The molecule has 0 spiro atoms. The van der Waals surface area contributed by atoms with E-state index >= 15 is 0 Å². The van der Waals surface area contributed by atoms with Gasteiger partial charge in [0.25, 0.3) is 0 Å². The van der Waals surface area contributed by atoms with E-state index in [0.29, 0.717) is 11.3 Å². The highest BCUT2D eigenvalue weighted by atomic mass is 16.5. The summed E-state index contributed by atoms with van der Waals surface area (Å²) in [6.45, 7) is 0. The first-order valence-corrected chi connectivity index (χ1v) is 7.45. The van der Waals surface area contributed by atoms with E-state index in [0.717, 1.165) is 12.8 Å². The molecule has 0 bridgehead atoms. The van der Waals surface area contributed by atoms with Gasteiger partial charge in [-0.3, -0.25) is 0 Å². The van der Waals surface area contributed by atoms with Crippen molar-refractivity contribution in [1.82, 2.24) is 5.32 Å². The molecule has 1 aliphatic carbocycles. The zero-order chi connectivity index (χ0) is 15.1. The third-order valence-electron chi connectivity index (χ3n) is 3.75. The van der Waals surface area contributed by atoms with Crippen molar-refractivity contribution in [2.75, 3.05) is 12.4 Å². The summed E-state index contributed by atoms with van der Waals surface area (Å²) < 4.78 is 4.63. The molecule has 1 aromatic carbocycles. The molecule has 1 fully saturated rings. The van der Waals surface area contributed by atoms with E-state index in [9.17, 15) is 9.59 Å². The Morgan fingerprint density at radius 1 is 1.05 bits per heavy atom. The van der Waals surface area contributed by atoms with Crippen LogP contribution in [0.25, 0.3) is 0 Å². The molecule has 114 valence electrons. The number of nitrogens with one attached hydrogen (secondary N) is 2. The van der Waals surface area contributed by atoms with Crippen molar-refractivity contribution < 1.29 is 14.3 Å². The highest BCUT2D eigenvalue weighted by Gasteiger charge is 2.14. The first-order chi connectivity index (χ1) is 10.2. The molecule has 1 aromatic rings. The Labute approximate surface area is 125 Å². The van der Waals surface area contributed by atoms with Gasteiger partial charge in [-0.05, 0) is 37.1 Å². The largest absolute Gasteiger partial charge is 0.465 e. The van der Waals surface area contributed by atoms with E-state index in [1.807, 2.05) is 0 Å². The van der Waals surface area contributed by atoms with Crippen LogP contribution in [-0.4, -0.2) is 25.2 Å². The fraction of sp³-hybridized carbons (Fsp3) is 0.500. The zero-order valence-corrected chi connectivity index (χ0v) is 12.4. The van der Waals surface area contributed by atoms with Crippen LogP contribution in [0.1, 0.15) is 48.9 Å². The van der Waals surface area contributed by atoms with E-state index in [-0.39, 0.29) is 18.0 Å². The second-order valence-electron chi connectivity index (χ2n) is 5.36. The zero-order valence-electron chi connectivity index (χ0n) is 12.4. The number of ether oxygens (including phenoxy) is 1. The first-order valence-electron chi connectivity index (χ1n) is 7.45. The molecule has 1 aliphatic rings. The third kappa shape index (κ3) is 4.77. The second kappa shape index (κ2) is 7.67. The van der Waals surface area contributed by atoms with Crippen molar-refractivity contribution in [2.45, 2.75) is 44.6 Å². The van der Waals surface area contributed by atoms with Crippen LogP contribution >= 0.6 is 0 Å². The number of anilines is 1. The Hall–Kier alpha value is -2.04. The van der Waals surface area contributed by atoms with E-state index in [4.69, 9.17) is 0 Å². The van der Waals surface area contributed by atoms with Gasteiger partial charge in [-0.25, -0.2) is 9.59 Å². The molecule has 1 saturated carbocycles. The normalized spacial score (nSPS) is 15.9. The number of benzene rings is 1. The monoisotopic (exact) mass is 290 g/mol. The molecule has 21 heavy (non-hydrogen) atoms. The number of hydrogen-bond donors (Lipinski definition) is 2. The van der Waals surface area contributed by atoms with Crippen molar-refractivity contribution in [3.8, 4) is 0 Å². The molecule has 0 heterocycles. The van der Waals surface area contributed by atoms with Crippen LogP contribution in [0.5, 0.6) is 0 Å². The number of rotatable bonds is 3. The summed E-state index contributed by atoms with van der Waals surface area (Å²) in [5.74, 6) is -0.385. The molecule has 0 unspecified atom stereocenters. The fourth-order valence-corrected chi connectivity index (χ4v) is 2.58. The minimum Gasteiger partial charge on any atom is -0.465 e. The van der Waals surface area contributed by atoms with E-state index in [1.165, 1.54) is 32.8 Å². The number of urea groups is 1. The fourth-order valence-electron chi connectivity index (χ4n) is 2.58. The number of esters is 1. The van der Waals surface area contributed by atoms with Crippen molar-refractivity contribution in [2.24, 2.45) is 0 Å². The molecule has 0 aromatic heterocycles. The Kier molecular flexibility index (Phi) is 5.60. The van der Waals surface area contributed by atoms with E-state index < -0.39 is 0 Å². The number of methoxy groups -OCH3 is 1. The molecule has 0 atom stereocenters. The number of carbonyl (C=O) groups excluding carboxylic acids is 2. The lowest BCUT2D eigenvalue weighted by Crippen LogP contribution is -2.37. The van der Waals surface area contributed by atoms with Gasteiger partial charge in [-0.1, -0.05) is 25.7 Å². The molecule has 0 aliphatic heterocycles. The van der Waals surface area contributed by atoms with Crippen LogP contribution in [0.15, 0.2) is 24.3 Å². The lowest BCUT2D eigenvalue weighted by atomic mass is 10.1. The van der Waals surface area contributed by atoms with Gasteiger partial charge in [0.1, 0.15) is 0 Å². The molecule has 2 amide bonds. The Morgan fingerprint density at radius 3 is 2.24 bits per heavy atom. The molecule has 5 heteroatoms. The van der Waals surface area contributed by atoms with Crippen LogP contribution < -0.4 is 10.6 Å². The number of carbonyl (C=O) groups is 2. The highest BCUT2D eigenvalue weighted by Crippen LogP contribution is 2.17. The molecule has 0 radical (unpaired) electrons. The van der Waals surface area contributed by atoms with Gasteiger partial charge in [0.15, 0.2) is 0 Å². The average molecular weight is 290 g/mol. The molecule has 2 N–H and O–H groups in total.